The lowest BCUT2D eigenvalue weighted by Gasteiger charge is -2.18. The molecule has 0 saturated heterocycles. The third-order valence-corrected chi connectivity index (χ3v) is 9.57. The number of hydrogen-bond acceptors (Lipinski definition) is 4. The minimum absolute atomic E-state index is 0.0800. The van der Waals surface area contributed by atoms with E-state index in [2.05, 4.69) is 16.0 Å². The maximum atomic E-state index is 13.7. The fourth-order valence-electron chi connectivity index (χ4n) is 5.15. The highest BCUT2D eigenvalue weighted by atomic mass is 35.5. The Labute approximate surface area is 310 Å². The van der Waals surface area contributed by atoms with Crippen LogP contribution in [0.5, 0.6) is 0 Å². The lowest BCUT2D eigenvalue weighted by molar-refractivity contribution is -0.116. The quantitative estimate of drug-likeness (QED) is 0.0916. The van der Waals surface area contributed by atoms with E-state index in [-0.39, 0.29) is 11.6 Å². The lowest BCUT2D eigenvalue weighted by Crippen LogP contribution is -2.30. The number of carbonyl (C=O) groups is 3. The predicted octanol–water partition coefficient (Wildman–Crippen LogP) is 10.5. The molecule has 0 heterocycles. The molecule has 9 heteroatoms. The van der Waals surface area contributed by atoms with Gasteiger partial charge in [0, 0.05) is 21.2 Å². The maximum absolute atomic E-state index is 13.7. The van der Waals surface area contributed by atoms with Crippen LogP contribution < -0.4 is 16.0 Å². The van der Waals surface area contributed by atoms with Gasteiger partial charge in [-0.15, -0.1) is 11.8 Å². The summed E-state index contributed by atoms with van der Waals surface area (Å²) in [5, 5.41) is 8.81. The number of amides is 3. The van der Waals surface area contributed by atoms with Gasteiger partial charge in [-0.2, -0.15) is 0 Å². The van der Waals surface area contributed by atoms with Gasteiger partial charge < -0.3 is 16.0 Å². The van der Waals surface area contributed by atoms with Crippen LogP contribution in [-0.4, -0.2) is 17.7 Å². The van der Waals surface area contributed by atoms with Crippen molar-refractivity contribution in [2.75, 3.05) is 10.6 Å². The van der Waals surface area contributed by atoms with Gasteiger partial charge in [0.1, 0.15) is 10.9 Å². The van der Waals surface area contributed by atoms with E-state index in [0.717, 1.165) is 27.1 Å². The highest BCUT2D eigenvalue weighted by Gasteiger charge is 2.23. The molecule has 3 amide bonds. The Morgan fingerprint density at radius 2 is 1.24 bits per heavy atom. The van der Waals surface area contributed by atoms with Crippen molar-refractivity contribution in [2.45, 2.75) is 10.1 Å². The molecule has 0 aliphatic rings. The van der Waals surface area contributed by atoms with Crippen LogP contribution in [0.1, 0.15) is 26.7 Å². The molecule has 6 aromatic carbocycles. The zero-order chi connectivity index (χ0) is 35.6. The number of rotatable bonds is 11. The van der Waals surface area contributed by atoms with Crippen LogP contribution in [0.2, 0.25) is 10.0 Å². The second kappa shape index (κ2) is 16.9. The highest BCUT2D eigenvalue weighted by molar-refractivity contribution is 8.00. The second-order valence-corrected chi connectivity index (χ2v) is 13.4. The molecule has 6 rings (SSSR count). The number of hydrogen-bond donors (Lipinski definition) is 3. The van der Waals surface area contributed by atoms with Crippen molar-refractivity contribution in [2.24, 2.45) is 0 Å². The Morgan fingerprint density at radius 1 is 0.627 bits per heavy atom. The molecule has 0 aromatic heterocycles. The van der Waals surface area contributed by atoms with E-state index in [4.69, 9.17) is 23.2 Å². The molecule has 0 spiro atoms. The number of thioether (sulfide) groups is 1. The van der Waals surface area contributed by atoms with Crippen molar-refractivity contribution in [3.63, 3.8) is 0 Å². The van der Waals surface area contributed by atoms with Crippen LogP contribution in [-0.2, 0) is 9.59 Å². The van der Waals surface area contributed by atoms with Crippen LogP contribution >= 0.6 is 35.0 Å². The van der Waals surface area contributed by atoms with Gasteiger partial charge in [-0.25, -0.2) is 0 Å². The summed E-state index contributed by atoms with van der Waals surface area (Å²) in [6, 6.07) is 47.9. The van der Waals surface area contributed by atoms with E-state index in [9.17, 15) is 14.4 Å². The third-order valence-electron chi connectivity index (χ3n) is 7.75. The molecular formula is C42H31Cl2N3O3S. The number of benzene rings is 6. The first-order chi connectivity index (χ1) is 24.8. The van der Waals surface area contributed by atoms with Crippen LogP contribution in [0.15, 0.2) is 168 Å². The molecule has 0 fully saturated rings. The molecule has 0 aliphatic heterocycles. The van der Waals surface area contributed by atoms with Crippen molar-refractivity contribution < 1.29 is 14.4 Å². The van der Waals surface area contributed by atoms with Gasteiger partial charge in [-0.05, 0) is 82.9 Å². The van der Waals surface area contributed by atoms with E-state index in [0.29, 0.717) is 27.0 Å². The van der Waals surface area contributed by atoms with Crippen LogP contribution in [0.25, 0.3) is 17.2 Å². The Bertz CT molecular complexity index is 2160. The fraction of sp³-hybridized carbons (Fsp3) is 0.0238. The number of carbonyl (C=O) groups excluding carboxylic acids is 3. The van der Waals surface area contributed by atoms with Crippen LogP contribution in [0.3, 0.4) is 0 Å². The standard InChI is InChI=1S/C42H31Cl2N3O3S/c43-33-20-25-37(36(44)27-33)46-42(50)39(31-12-6-2-7-13-31)51-35-23-21-34(22-24-35)45-41(49)38(47-40(48)32-14-8-3-9-15-32)26-28-16-18-30(19-17-28)29-10-4-1-5-11-29/h1-27,39H,(H,45,49)(H,46,50)(H,47,48)/b38-26-. The van der Waals surface area contributed by atoms with Gasteiger partial charge in [0.15, 0.2) is 0 Å². The molecule has 51 heavy (non-hydrogen) atoms. The summed E-state index contributed by atoms with van der Waals surface area (Å²) in [7, 11) is 0. The Hall–Kier alpha value is -5.60. The largest absolute Gasteiger partial charge is 0.323 e. The molecule has 6 aromatic rings. The third kappa shape index (κ3) is 9.55. The zero-order valence-corrected chi connectivity index (χ0v) is 29.4. The van der Waals surface area contributed by atoms with Gasteiger partial charge in [0.2, 0.25) is 5.91 Å². The van der Waals surface area contributed by atoms with Gasteiger partial charge in [-0.3, -0.25) is 14.4 Å². The number of halogens is 2. The van der Waals surface area contributed by atoms with Gasteiger partial charge in [-0.1, -0.05) is 126 Å². The molecule has 252 valence electrons. The summed E-state index contributed by atoms with van der Waals surface area (Å²) in [6.07, 6.45) is 1.64. The minimum atomic E-state index is -0.602. The molecule has 1 atom stereocenters. The Morgan fingerprint density at radius 3 is 1.88 bits per heavy atom. The summed E-state index contributed by atoms with van der Waals surface area (Å²) in [5.41, 5.74) is 5.13. The predicted molar refractivity (Wildman–Crippen MR) is 209 cm³/mol. The van der Waals surface area contributed by atoms with Crippen molar-refractivity contribution in [1.29, 1.82) is 0 Å². The molecule has 6 nitrogen and oxygen atoms in total. The second-order valence-electron chi connectivity index (χ2n) is 11.4. The van der Waals surface area contributed by atoms with E-state index in [1.54, 1.807) is 60.7 Å². The Balaban J connectivity index is 1.20. The monoisotopic (exact) mass is 727 g/mol. The van der Waals surface area contributed by atoms with Crippen molar-refractivity contribution in [3.8, 4) is 11.1 Å². The van der Waals surface area contributed by atoms with Crippen molar-refractivity contribution in [3.05, 3.63) is 190 Å². The van der Waals surface area contributed by atoms with Crippen LogP contribution in [0.4, 0.5) is 11.4 Å². The molecule has 0 aliphatic carbocycles. The molecule has 1 unspecified atom stereocenters. The number of nitrogens with one attached hydrogen (secondary N) is 3. The van der Waals surface area contributed by atoms with E-state index in [1.165, 1.54) is 11.8 Å². The minimum Gasteiger partial charge on any atom is -0.323 e. The molecular weight excluding hydrogens is 697 g/mol. The Kier molecular flexibility index (Phi) is 11.7. The van der Waals surface area contributed by atoms with E-state index in [1.807, 2.05) is 103 Å². The first-order valence-corrected chi connectivity index (χ1v) is 17.6. The number of anilines is 2. The van der Waals surface area contributed by atoms with Crippen molar-refractivity contribution >= 4 is 70.1 Å². The lowest BCUT2D eigenvalue weighted by atomic mass is 10.0. The average molecular weight is 729 g/mol. The summed E-state index contributed by atoms with van der Waals surface area (Å²) in [5.74, 6) is -1.16. The molecule has 0 bridgehead atoms. The zero-order valence-electron chi connectivity index (χ0n) is 27.1. The summed E-state index contributed by atoms with van der Waals surface area (Å²) < 4.78 is 0. The fourth-order valence-corrected chi connectivity index (χ4v) is 6.63. The first kappa shape index (κ1) is 35.2. The summed E-state index contributed by atoms with van der Waals surface area (Å²) >= 11 is 13.7. The molecule has 0 radical (unpaired) electrons. The topological polar surface area (TPSA) is 87.3 Å². The highest BCUT2D eigenvalue weighted by Crippen LogP contribution is 2.37. The van der Waals surface area contributed by atoms with E-state index < -0.39 is 17.1 Å². The SMILES string of the molecule is O=C(Nc1ccc(SC(C(=O)Nc2ccc(Cl)cc2Cl)c2ccccc2)cc1)/C(=C/c1ccc(-c2ccccc2)cc1)NC(=O)c1ccccc1. The first-order valence-electron chi connectivity index (χ1n) is 15.9. The molecule has 3 N–H and O–H groups in total. The smallest absolute Gasteiger partial charge is 0.272 e. The summed E-state index contributed by atoms with van der Waals surface area (Å²) in [6.45, 7) is 0. The average Bonchev–Trinajstić information content (AvgIpc) is 3.16. The van der Waals surface area contributed by atoms with E-state index >= 15 is 0 Å². The van der Waals surface area contributed by atoms with Gasteiger partial charge >= 0.3 is 0 Å². The molecule has 0 saturated carbocycles. The summed E-state index contributed by atoms with van der Waals surface area (Å²) in [4.78, 5) is 41.1. The van der Waals surface area contributed by atoms with Gasteiger partial charge in [0.25, 0.3) is 11.8 Å². The normalized spacial score (nSPS) is 11.7. The van der Waals surface area contributed by atoms with Crippen LogP contribution in [0, 0.1) is 0 Å². The maximum Gasteiger partial charge on any atom is 0.272 e. The van der Waals surface area contributed by atoms with Crippen molar-refractivity contribution in [1.82, 2.24) is 5.32 Å². The van der Waals surface area contributed by atoms with Gasteiger partial charge in [0.05, 0.1) is 10.7 Å².